The molecular weight excluding hydrogens is 95.5 g/mol. The molecule has 0 aromatic carbocycles. The molecule has 1 saturated carbocycles. The average Bonchev–Trinajstić information content (AvgIpc) is 2.06. The van der Waals surface area contributed by atoms with Gasteiger partial charge in [0.15, 0.2) is 0 Å². The summed E-state index contributed by atoms with van der Waals surface area (Å²) in [5.41, 5.74) is 1.44. The number of halogens is 1. The monoisotopic (exact) mass is 102 g/mol. The Morgan fingerprint density at radius 2 is 2.17 bits per heavy atom. The van der Waals surface area contributed by atoms with E-state index >= 15 is 0 Å². The van der Waals surface area contributed by atoms with E-state index in [9.17, 15) is 0 Å². The van der Waals surface area contributed by atoms with Gasteiger partial charge in [-0.15, -0.1) is 0 Å². The molecule has 1 aliphatic rings. The lowest BCUT2D eigenvalue weighted by Gasteiger charge is -1.72. The maximum Gasteiger partial charge on any atom is 0.0142 e. The maximum absolute atomic E-state index is 5.55. The highest BCUT2D eigenvalue weighted by Crippen LogP contribution is 2.32. The molecule has 1 rings (SSSR count). The first-order valence-corrected chi connectivity index (χ1v) is 2.52. The van der Waals surface area contributed by atoms with Crippen molar-refractivity contribution in [2.24, 2.45) is 0 Å². The maximum atomic E-state index is 5.55. The Bertz CT molecular complexity index is 82.1. The molecule has 1 fully saturated rings. The minimum atomic E-state index is 1.01. The first kappa shape index (κ1) is 4.20. The van der Waals surface area contributed by atoms with Crippen LogP contribution in [0.15, 0.2) is 10.6 Å². The summed E-state index contributed by atoms with van der Waals surface area (Å²) in [7, 11) is 0. The first-order chi connectivity index (χ1) is 2.80. The molecule has 0 spiro atoms. The summed E-state index contributed by atoms with van der Waals surface area (Å²) in [6.45, 7) is 1.95. The summed E-state index contributed by atoms with van der Waals surface area (Å²) in [5, 5.41) is 1.01. The molecule has 6 heavy (non-hydrogen) atoms. The van der Waals surface area contributed by atoms with Crippen LogP contribution in [0.25, 0.3) is 0 Å². The predicted octanol–water partition coefficient (Wildman–Crippen LogP) is 2.29. The Morgan fingerprint density at radius 1 is 1.67 bits per heavy atom. The van der Waals surface area contributed by atoms with E-state index in [0.29, 0.717) is 0 Å². The number of hydrogen-bond donors (Lipinski definition) is 0. The van der Waals surface area contributed by atoms with Crippen molar-refractivity contribution in [3.8, 4) is 0 Å². The van der Waals surface area contributed by atoms with Gasteiger partial charge in [-0.3, -0.25) is 0 Å². The molecular formula is C5H7Cl. The van der Waals surface area contributed by atoms with Gasteiger partial charge in [0.05, 0.1) is 0 Å². The van der Waals surface area contributed by atoms with Crippen molar-refractivity contribution in [3.05, 3.63) is 10.6 Å². The minimum Gasteiger partial charge on any atom is -0.0895 e. The third-order valence-corrected chi connectivity index (χ3v) is 1.25. The molecule has 0 aromatic rings. The zero-order chi connectivity index (χ0) is 4.57. The zero-order valence-electron chi connectivity index (χ0n) is 3.79. The van der Waals surface area contributed by atoms with Crippen LogP contribution in [0.3, 0.4) is 0 Å². The molecule has 0 radical (unpaired) electrons. The number of hydrogen-bond acceptors (Lipinski definition) is 0. The van der Waals surface area contributed by atoms with E-state index < -0.39 is 0 Å². The normalized spacial score (nSPS) is 18.0. The second-order valence-corrected chi connectivity index (χ2v) is 2.20. The summed E-state index contributed by atoms with van der Waals surface area (Å²) in [6.07, 6.45) is 2.49. The summed E-state index contributed by atoms with van der Waals surface area (Å²) in [4.78, 5) is 0. The van der Waals surface area contributed by atoms with Gasteiger partial charge in [0.2, 0.25) is 0 Å². The van der Waals surface area contributed by atoms with E-state index in [4.69, 9.17) is 11.6 Å². The summed E-state index contributed by atoms with van der Waals surface area (Å²) < 4.78 is 0. The van der Waals surface area contributed by atoms with Gasteiger partial charge in [0.1, 0.15) is 0 Å². The van der Waals surface area contributed by atoms with Crippen LogP contribution in [-0.4, -0.2) is 0 Å². The van der Waals surface area contributed by atoms with E-state index in [1.165, 1.54) is 18.4 Å². The van der Waals surface area contributed by atoms with Crippen LogP contribution in [-0.2, 0) is 0 Å². The highest BCUT2D eigenvalue weighted by Gasteiger charge is 2.12. The highest BCUT2D eigenvalue weighted by molar-refractivity contribution is 6.29. The van der Waals surface area contributed by atoms with E-state index in [-0.39, 0.29) is 0 Å². The van der Waals surface area contributed by atoms with Gasteiger partial charge < -0.3 is 0 Å². The molecule has 0 heterocycles. The topological polar surface area (TPSA) is 0 Å². The van der Waals surface area contributed by atoms with Crippen molar-refractivity contribution in [3.63, 3.8) is 0 Å². The SMILES string of the molecule is CC(Cl)=C1CC1. The van der Waals surface area contributed by atoms with Gasteiger partial charge >= 0.3 is 0 Å². The Balaban J connectivity index is 2.61. The number of rotatable bonds is 0. The van der Waals surface area contributed by atoms with Gasteiger partial charge in [0.25, 0.3) is 0 Å². The quantitative estimate of drug-likeness (QED) is 0.440. The predicted molar refractivity (Wildman–Crippen MR) is 27.8 cm³/mol. The van der Waals surface area contributed by atoms with Gasteiger partial charge in [-0.05, 0) is 19.8 Å². The molecule has 34 valence electrons. The molecule has 0 bridgehead atoms. The fourth-order valence-electron chi connectivity index (χ4n) is 0.407. The van der Waals surface area contributed by atoms with Crippen LogP contribution in [0.1, 0.15) is 19.8 Å². The number of allylic oxidation sites excluding steroid dienone is 2. The Labute approximate surface area is 42.8 Å². The lowest BCUT2D eigenvalue weighted by Crippen LogP contribution is -1.48. The molecule has 0 aliphatic heterocycles. The lowest BCUT2D eigenvalue weighted by molar-refractivity contribution is 1.50. The van der Waals surface area contributed by atoms with E-state index in [0.717, 1.165) is 5.03 Å². The Morgan fingerprint density at radius 3 is 2.17 bits per heavy atom. The third-order valence-electron chi connectivity index (χ3n) is 0.987. The average molecular weight is 103 g/mol. The lowest BCUT2D eigenvalue weighted by atomic mass is 10.5. The molecule has 0 amide bonds. The van der Waals surface area contributed by atoms with Crippen LogP contribution >= 0.6 is 11.6 Å². The van der Waals surface area contributed by atoms with Crippen LogP contribution in [0.5, 0.6) is 0 Å². The Kier molecular flexibility index (Phi) is 0.886. The van der Waals surface area contributed by atoms with Crippen LogP contribution in [0.2, 0.25) is 0 Å². The van der Waals surface area contributed by atoms with Gasteiger partial charge in [-0.25, -0.2) is 0 Å². The summed E-state index contributed by atoms with van der Waals surface area (Å²) in [6, 6.07) is 0. The van der Waals surface area contributed by atoms with Crippen molar-refractivity contribution in [2.45, 2.75) is 19.8 Å². The van der Waals surface area contributed by atoms with E-state index in [1.54, 1.807) is 0 Å². The summed E-state index contributed by atoms with van der Waals surface area (Å²) in [5.74, 6) is 0. The van der Waals surface area contributed by atoms with Crippen molar-refractivity contribution in [2.75, 3.05) is 0 Å². The largest absolute Gasteiger partial charge is 0.0895 e. The highest BCUT2D eigenvalue weighted by atomic mass is 35.5. The van der Waals surface area contributed by atoms with Gasteiger partial charge in [-0.1, -0.05) is 17.2 Å². The van der Waals surface area contributed by atoms with Gasteiger partial charge in [-0.2, -0.15) is 0 Å². The van der Waals surface area contributed by atoms with Crippen molar-refractivity contribution in [1.82, 2.24) is 0 Å². The third kappa shape index (κ3) is 0.749. The molecule has 0 atom stereocenters. The van der Waals surface area contributed by atoms with Crippen LogP contribution in [0.4, 0.5) is 0 Å². The second-order valence-electron chi connectivity index (χ2n) is 1.64. The van der Waals surface area contributed by atoms with Gasteiger partial charge in [0, 0.05) is 5.03 Å². The van der Waals surface area contributed by atoms with Crippen molar-refractivity contribution < 1.29 is 0 Å². The first-order valence-electron chi connectivity index (χ1n) is 2.15. The van der Waals surface area contributed by atoms with Crippen LogP contribution in [0, 0.1) is 0 Å². The zero-order valence-corrected chi connectivity index (χ0v) is 4.55. The fraction of sp³-hybridized carbons (Fsp3) is 0.600. The van der Waals surface area contributed by atoms with Crippen LogP contribution < -0.4 is 0 Å². The molecule has 1 aliphatic carbocycles. The molecule has 0 aromatic heterocycles. The second kappa shape index (κ2) is 1.27. The fourth-order valence-corrected chi connectivity index (χ4v) is 0.596. The molecule has 0 unspecified atom stereocenters. The molecule has 0 N–H and O–H groups in total. The minimum absolute atomic E-state index is 1.01. The van der Waals surface area contributed by atoms with Crippen molar-refractivity contribution in [1.29, 1.82) is 0 Å². The molecule has 0 saturated heterocycles. The van der Waals surface area contributed by atoms with E-state index in [2.05, 4.69) is 0 Å². The standard InChI is InChI=1S/C5H7Cl/c1-4(6)5-2-3-5/h2-3H2,1H3. The van der Waals surface area contributed by atoms with E-state index in [1.807, 2.05) is 6.92 Å². The molecule has 0 nitrogen and oxygen atoms in total. The smallest absolute Gasteiger partial charge is 0.0142 e. The molecule has 1 heteroatoms. The van der Waals surface area contributed by atoms with Crippen molar-refractivity contribution >= 4 is 11.6 Å². The summed E-state index contributed by atoms with van der Waals surface area (Å²) >= 11 is 5.55. The Hall–Kier alpha value is 0.0300.